The van der Waals surface area contributed by atoms with E-state index in [1.165, 1.54) is 18.2 Å². The predicted molar refractivity (Wildman–Crippen MR) is 80.7 cm³/mol. The fraction of sp³-hybridized carbons (Fsp3) is 0.647. The van der Waals surface area contributed by atoms with Gasteiger partial charge in [-0.15, -0.1) is 0 Å². The smallest absolute Gasteiger partial charge is 0.129 e. The molecular formula is C17H27F2N. The van der Waals surface area contributed by atoms with E-state index in [4.69, 9.17) is 0 Å². The molecule has 1 nitrogen and oxygen atoms in total. The van der Waals surface area contributed by atoms with Crippen LogP contribution in [0.4, 0.5) is 8.78 Å². The van der Waals surface area contributed by atoms with E-state index in [9.17, 15) is 8.78 Å². The zero-order chi connectivity index (χ0) is 15.3. The van der Waals surface area contributed by atoms with E-state index in [-0.39, 0.29) is 11.0 Å². The van der Waals surface area contributed by atoms with Gasteiger partial charge in [0.15, 0.2) is 0 Å². The van der Waals surface area contributed by atoms with Gasteiger partial charge in [-0.3, -0.25) is 0 Å². The molecular weight excluding hydrogens is 256 g/mol. The van der Waals surface area contributed by atoms with Gasteiger partial charge < -0.3 is 5.32 Å². The van der Waals surface area contributed by atoms with Gasteiger partial charge in [0.2, 0.25) is 0 Å². The lowest BCUT2D eigenvalue weighted by Gasteiger charge is -2.35. The number of hydrogen-bond donors (Lipinski definition) is 1. The number of halogens is 2. The van der Waals surface area contributed by atoms with Crippen LogP contribution in [0.15, 0.2) is 18.2 Å². The Morgan fingerprint density at radius 2 is 1.65 bits per heavy atom. The van der Waals surface area contributed by atoms with Crippen molar-refractivity contribution in [2.75, 3.05) is 13.1 Å². The van der Waals surface area contributed by atoms with E-state index >= 15 is 0 Å². The lowest BCUT2D eigenvalue weighted by molar-refractivity contribution is 0.200. The van der Waals surface area contributed by atoms with E-state index in [0.717, 1.165) is 13.1 Å². The standard InChI is InChI=1S/C17H27F2N/c1-12(2)10-20-11-17(5,13(3)4)9-14-15(18)7-6-8-16(14)19/h6-8,12-13,20H,9-11H2,1-5H3. The molecule has 114 valence electrons. The Morgan fingerprint density at radius 3 is 2.10 bits per heavy atom. The summed E-state index contributed by atoms with van der Waals surface area (Å²) in [6.07, 6.45) is 0.411. The maximum absolute atomic E-state index is 13.8. The van der Waals surface area contributed by atoms with Crippen LogP contribution in [0.3, 0.4) is 0 Å². The van der Waals surface area contributed by atoms with Crippen molar-refractivity contribution < 1.29 is 8.78 Å². The Balaban J connectivity index is 2.86. The van der Waals surface area contributed by atoms with Gasteiger partial charge in [-0.05, 0) is 42.3 Å². The molecule has 1 aromatic rings. The van der Waals surface area contributed by atoms with Gasteiger partial charge in [-0.1, -0.05) is 40.7 Å². The van der Waals surface area contributed by atoms with E-state index in [1.54, 1.807) is 0 Å². The van der Waals surface area contributed by atoms with Crippen LogP contribution < -0.4 is 5.32 Å². The third-order valence-electron chi connectivity index (χ3n) is 4.12. The van der Waals surface area contributed by atoms with Crippen LogP contribution in [0.1, 0.15) is 40.2 Å². The van der Waals surface area contributed by atoms with Crippen LogP contribution in [-0.4, -0.2) is 13.1 Å². The second kappa shape index (κ2) is 7.16. The maximum Gasteiger partial charge on any atom is 0.129 e. The van der Waals surface area contributed by atoms with Crippen molar-refractivity contribution in [1.29, 1.82) is 0 Å². The molecule has 0 aliphatic carbocycles. The molecule has 3 heteroatoms. The maximum atomic E-state index is 13.8. The van der Waals surface area contributed by atoms with Crippen molar-refractivity contribution in [3.8, 4) is 0 Å². The Morgan fingerprint density at radius 1 is 1.10 bits per heavy atom. The molecule has 0 saturated carbocycles. The second-order valence-electron chi connectivity index (χ2n) is 6.71. The first-order chi connectivity index (χ1) is 9.26. The van der Waals surface area contributed by atoms with Gasteiger partial charge in [0.25, 0.3) is 0 Å². The first kappa shape index (κ1) is 17.1. The van der Waals surface area contributed by atoms with Crippen LogP contribution in [0.2, 0.25) is 0 Å². The van der Waals surface area contributed by atoms with E-state index in [0.29, 0.717) is 18.3 Å². The van der Waals surface area contributed by atoms with Gasteiger partial charge in [-0.2, -0.15) is 0 Å². The fourth-order valence-corrected chi connectivity index (χ4v) is 2.22. The Labute approximate surface area is 121 Å². The Hall–Kier alpha value is -0.960. The predicted octanol–water partition coefficient (Wildman–Crippen LogP) is 4.42. The van der Waals surface area contributed by atoms with Crippen molar-refractivity contribution in [1.82, 2.24) is 5.32 Å². The molecule has 1 unspecified atom stereocenters. The largest absolute Gasteiger partial charge is 0.316 e. The fourth-order valence-electron chi connectivity index (χ4n) is 2.22. The second-order valence-corrected chi connectivity index (χ2v) is 6.71. The molecule has 1 atom stereocenters. The van der Waals surface area contributed by atoms with Crippen molar-refractivity contribution in [3.05, 3.63) is 35.4 Å². The Bertz CT molecular complexity index is 409. The van der Waals surface area contributed by atoms with Crippen LogP contribution in [0.5, 0.6) is 0 Å². The van der Waals surface area contributed by atoms with Crippen molar-refractivity contribution in [2.45, 2.75) is 41.0 Å². The summed E-state index contributed by atoms with van der Waals surface area (Å²) in [7, 11) is 0. The highest BCUT2D eigenvalue weighted by Crippen LogP contribution is 2.32. The van der Waals surface area contributed by atoms with Gasteiger partial charge in [0, 0.05) is 12.1 Å². The summed E-state index contributed by atoms with van der Waals surface area (Å²) in [5, 5.41) is 3.42. The minimum Gasteiger partial charge on any atom is -0.316 e. The van der Waals surface area contributed by atoms with Gasteiger partial charge in [0.1, 0.15) is 11.6 Å². The molecule has 1 rings (SSSR count). The van der Waals surface area contributed by atoms with Crippen LogP contribution in [0, 0.1) is 28.9 Å². The van der Waals surface area contributed by atoms with Crippen molar-refractivity contribution in [2.24, 2.45) is 17.3 Å². The number of benzene rings is 1. The summed E-state index contributed by atoms with van der Waals surface area (Å²) in [5.41, 5.74) is 0.0350. The van der Waals surface area contributed by atoms with E-state index in [1.807, 2.05) is 0 Å². The van der Waals surface area contributed by atoms with Crippen LogP contribution >= 0.6 is 0 Å². The summed E-state index contributed by atoms with van der Waals surface area (Å²) >= 11 is 0. The first-order valence-corrected chi connectivity index (χ1v) is 7.40. The van der Waals surface area contributed by atoms with Crippen LogP contribution in [0.25, 0.3) is 0 Å². The highest BCUT2D eigenvalue weighted by Gasteiger charge is 2.30. The molecule has 1 aromatic carbocycles. The summed E-state index contributed by atoms with van der Waals surface area (Å²) in [5.74, 6) is 0.0132. The van der Waals surface area contributed by atoms with Gasteiger partial charge >= 0.3 is 0 Å². The molecule has 20 heavy (non-hydrogen) atoms. The van der Waals surface area contributed by atoms with Crippen molar-refractivity contribution in [3.63, 3.8) is 0 Å². The molecule has 0 aliphatic rings. The summed E-state index contributed by atoms with van der Waals surface area (Å²) in [4.78, 5) is 0. The normalized spacial score (nSPS) is 14.8. The molecule has 0 aromatic heterocycles. The highest BCUT2D eigenvalue weighted by atomic mass is 19.1. The van der Waals surface area contributed by atoms with Gasteiger partial charge in [-0.25, -0.2) is 8.78 Å². The van der Waals surface area contributed by atoms with E-state index < -0.39 is 11.6 Å². The number of hydrogen-bond acceptors (Lipinski definition) is 1. The molecule has 0 aliphatic heterocycles. The third kappa shape index (κ3) is 4.55. The molecule has 0 saturated heterocycles. The summed E-state index contributed by atoms with van der Waals surface area (Å²) < 4.78 is 27.7. The van der Waals surface area contributed by atoms with Gasteiger partial charge in [0.05, 0.1) is 0 Å². The first-order valence-electron chi connectivity index (χ1n) is 7.40. The molecule has 0 radical (unpaired) electrons. The van der Waals surface area contributed by atoms with Crippen LogP contribution in [-0.2, 0) is 6.42 Å². The SMILES string of the molecule is CC(C)CNCC(C)(Cc1c(F)cccc1F)C(C)C. The average Bonchev–Trinajstić information content (AvgIpc) is 2.33. The minimum atomic E-state index is -0.444. The zero-order valence-corrected chi connectivity index (χ0v) is 13.3. The minimum absolute atomic E-state index is 0.169. The molecule has 0 spiro atoms. The topological polar surface area (TPSA) is 12.0 Å². The highest BCUT2D eigenvalue weighted by molar-refractivity contribution is 5.21. The average molecular weight is 283 g/mol. The van der Waals surface area contributed by atoms with Crippen molar-refractivity contribution >= 4 is 0 Å². The Kier molecular flexibility index (Phi) is 6.12. The lowest BCUT2D eigenvalue weighted by Crippen LogP contribution is -2.39. The molecule has 0 heterocycles. The summed E-state index contributed by atoms with van der Waals surface area (Å²) in [6, 6.07) is 4.08. The monoisotopic (exact) mass is 283 g/mol. The molecule has 1 N–H and O–H groups in total. The third-order valence-corrected chi connectivity index (χ3v) is 4.12. The quantitative estimate of drug-likeness (QED) is 0.781. The zero-order valence-electron chi connectivity index (χ0n) is 13.3. The van der Waals surface area contributed by atoms with E-state index in [2.05, 4.69) is 39.9 Å². The lowest BCUT2D eigenvalue weighted by atomic mass is 9.74. The summed E-state index contributed by atoms with van der Waals surface area (Å²) in [6.45, 7) is 12.3. The molecule has 0 amide bonds. The molecule has 0 bridgehead atoms. The molecule has 0 fully saturated rings. The number of nitrogens with one attached hydrogen (secondary N) is 1. The number of rotatable bonds is 7.